The molecule has 3 rings (SSSR count). The Labute approximate surface area is 123 Å². The zero-order chi connectivity index (χ0) is 14.8. The maximum atomic E-state index is 11.2. The molecule has 2 aromatic rings. The molecule has 0 atom stereocenters. The largest absolute Gasteiger partial charge is 0.480 e. The van der Waals surface area contributed by atoms with Crippen LogP contribution in [0, 0.1) is 12.3 Å². The molecule has 1 aliphatic carbocycles. The van der Waals surface area contributed by atoms with Gasteiger partial charge in [-0.15, -0.1) is 6.42 Å². The first-order valence-electron chi connectivity index (χ1n) is 6.80. The summed E-state index contributed by atoms with van der Waals surface area (Å²) < 4.78 is 0. The van der Waals surface area contributed by atoms with E-state index in [1.54, 1.807) is 0 Å². The zero-order valence-electron chi connectivity index (χ0n) is 11.5. The van der Waals surface area contributed by atoms with Crippen LogP contribution in [0.5, 0.6) is 0 Å². The van der Waals surface area contributed by atoms with Crippen molar-refractivity contribution in [3.05, 3.63) is 59.7 Å². The monoisotopic (exact) mass is 277 g/mol. The molecule has 0 saturated heterocycles. The van der Waals surface area contributed by atoms with Gasteiger partial charge in [0.2, 0.25) is 0 Å². The lowest BCUT2D eigenvalue weighted by Gasteiger charge is -2.27. The van der Waals surface area contributed by atoms with Gasteiger partial charge in [0.1, 0.15) is 0 Å². The minimum absolute atomic E-state index is 0.0719. The highest BCUT2D eigenvalue weighted by molar-refractivity contribution is 5.79. The van der Waals surface area contributed by atoms with Gasteiger partial charge in [0.05, 0.1) is 19.1 Å². The molecule has 104 valence electrons. The maximum Gasteiger partial charge on any atom is 0.317 e. The summed E-state index contributed by atoms with van der Waals surface area (Å²) in [6.45, 7) is 0.233. The van der Waals surface area contributed by atoms with Crippen molar-refractivity contribution < 1.29 is 9.90 Å². The lowest BCUT2D eigenvalue weighted by atomic mass is 10.0. The van der Waals surface area contributed by atoms with Crippen molar-refractivity contribution in [2.45, 2.75) is 6.04 Å². The van der Waals surface area contributed by atoms with E-state index in [1.807, 2.05) is 41.3 Å². The first-order chi connectivity index (χ1) is 10.2. The van der Waals surface area contributed by atoms with Gasteiger partial charge in [-0.05, 0) is 22.3 Å². The average Bonchev–Trinajstić information content (AvgIpc) is 2.81. The molecule has 2 aromatic carbocycles. The van der Waals surface area contributed by atoms with E-state index < -0.39 is 5.97 Å². The first-order valence-corrected chi connectivity index (χ1v) is 6.80. The number of benzene rings is 2. The molecule has 3 nitrogen and oxygen atoms in total. The van der Waals surface area contributed by atoms with Gasteiger partial charge in [-0.25, -0.2) is 0 Å². The Bertz CT molecular complexity index is 684. The van der Waals surface area contributed by atoms with Gasteiger partial charge >= 0.3 is 5.97 Å². The van der Waals surface area contributed by atoms with Crippen molar-refractivity contribution in [2.75, 3.05) is 13.1 Å². The Hall–Kier alpha value is -2.57. The van der Waals surface area contributed by atoms with Crippen LogP contribution in [-0.2, 0) is 4.79 Å². The van der Waals surface area contributed by atoms with E-state index in [2.05, 4.69) is 18.1 Å². The molecule has 0 radical (unpaired) electrons. The summed E-state index contributed by atoms with van der Waals surface area (Å²) in [5.74, 6) is 1.71. The number of carbonyl (C=O) groups is 1. The van der Waals surface area contributed by atoms with E-state index in [1.165, 1.54) is 0 Å². The standard InChI is InChI=1S/C18H15NO2/c1-2-11-19(12-17(20)21)18-15-9-5-3-7-13(15)14-8-4-6-10-16(14)18/h1,3-10,18H,11-12H2,(H,20,21). The lowest BCUT2D eigenvalue weighted by molar-refractivity contribution is -0.138. The van der Waals surface area contributed by atoms with E-state index in [4.69, 9.17) is 11.5 Å². The molecule has 3 heteroatoms. The fraction of sp³-hybridized carbons (Fsp3) is 0.167. The molecule has 0 aromatic heterocycles. The van der Waals surface area contributed by atoms with Crippen molar-refractivity contribution in [3.63, 3.8) is 0 Å². The molecule has 0 saturated carbocycles. The Balaban J connectivity index is 2.13. The van der Waals surface area contributed by atoms with E-state index >= 15 is 0 Å². The van der Waals surface area contributed by atoms with Crippen LogP contribution >= 0.6 is 0 Å². The smallest absolute Gasteiger partial charge is 0.317 e. The summed E-state index contributed by atoms with van der Waals surface area (Å²) in [6.07, 6.45) is 5.43. The van der Waals surface area contributed by atoms with Crippen LogP contribution in [0.2, 0.25) is 0 Å². The molecular weight excluding hydrogens is 262 g/mol. The second-order valence-corrected chi connectivity index (χ2v) is 5.08. The number of carboxylic acids is 1. The average molecular weight is 277 g/mol. The Morgan fingerprint density at radius 3 is 2.10 bits per heavy atom. The molecule has 0 heterocycles. The summed E-state index contributed by atoms with van der Waals surface area (Å²) >= 11 is 0. The number of fused-ring (bicyclic) bond motifs is 3. The number of hydrogen-bond acceptors (Lipinski definition) is 2. The van der Waals surface area contributed by atoms with Gasteiger partial charge in [0.25, 0.3) is 0 Å². The molecule has 0 unspecified atom stereocenters. The van der Waals surface area contributed by atoms with Crippen LogP contribution in [0.1, 0.15) is 17.2 Å². The SMILES string of the molecule is C#CCN(CC(=O)O)C1c2ccccc2-c2ccccc21. The van der Waals surface area contributed by atoms with Gasteiger partial charge in [0, 0.05) is 0 Å². The topological polar surface area (TPSA) is 40.5 Å². The summed E-state index contributed by atoms with van der Waals surface area (Å²) in [4.78, 5) is 13.0. The second-order valence-electron chi connectivity index (χ2n) is 5.08. The minimum atomic E-state index is -0.868. The predicted octanol–water partition coefficient (Wildman–Crippen LogP) is 2.78. The van der Waals surface area contributed by atoms with E-state index in [0.29, 0.717) is 6.54 Å². The van der Waals surface area contributed by atoms with Gasteiger partial charge < -0.3 is 5.11 Å². The molecule has 0 fully saturated rings. The predicted molar refractivity (Wildman–Crippen MR) is 81.8 cm³/mol. The normalized spacial score (nSPS) is 12.8. The van der Waals surface area contributed by atoms with Gasteiger partial charge in [-0.2, -0.15) is 0 Å². The summed E-state index contributed by atoms with van der Waals surface area (Å²) in [6, 6.07) is 16.1. The molecule has 0 aliphatic heterocycles. The number of carboxylic acid groups (broad SMARTS) is 1. The third-order valence-electron chi connectivity index (χ3n) is 3.80. The number of aliphatic carboxylic acids is 1. The fourth-order valence-electron chi connectivity index (χ4n) is 3.05. The van der Waals surface area contributed by atoms with Crippen LogP contribution in [0.4, 0.5) is 0 Å². The van der Waals surface area contributed by atoms with Crippen LogP contribution in [0.25, 0.3) is 11.1 Å². The quantitative estimate of drug-likeness (QED) is 0.874. The fourth-order valence-corrected chi connectivity index (χ4v) is 3.05. The van der Waals surface area contributed by atoms with E-state index in [-0.39, 0.29) is 12.6 Å². The number of hydrogen-bond donors (Lipinski definition) is 1. The number of terminal acetylenes is 1. The van der Waals surface area contributed by atoms with E-state index in [0.717, 1.165) is 22.3 Å². The molecule has 0 bridgehead atoms. The summed E-state index contributed by atoms with van der Waals surface area (Å²) in [5.41, 5.74) is 4.56. The highest BCUT2D eigenvalue weighted by atomic mass is 16.4. The molecular formula is C18H15NO2. The molecule has 21 heavy (non-hydrogen) atoms. The third-order valence-corrected chi connectivity index (χ3v) is 3.80. The Morgan fingerprint density at radius 1 is 1.10 bits per heavy atom. The van der Waals surface area contributed by atoms with E-state index in [9.17, 15) is 4.79 Å². The van der Waals surface area contributed by atoms with Gasteiger partial charge in [-0.1, -0.05) is 54.5 Å². The summed E-state index contributed by atoms with van der Waals surface area (Å²) in [5, 5.41) is 9.16. The highest BCUT2D eigenvalue weighted by Crippen LogP contribution is 2.45. The van der Waals surface area contributed by atoms with Gasteiger partial charge in [-0.3, -0.25) is 9.69 Å². The Kier molecular flexibility index (Phi) is 3.47. The number of rotatable bonds is 4. The van der Waals surface area contributed by atoms with Crippen molar-refractivity contribution in [1.29, 1.82) is 0 Å². The second kappa shape index (κ2) is 5.43. The van der Waals surface area contributed by atoms with Crippen LogP contribution < -0.4 is 0 Å². The van der Waals surface area contributed by atoms with Crippen molar-refractivity contribution in [1.82, 2.24) is 4.90 Å². The number of nitrogens with zero attached hydrogens (tertiary/aromatic N) is 1. The third kappa shape index (κ3) is 2.31. The van der Waals surface area contributed by atoms with Crippen molar-refractivity contribution >= 4 is 5.97 Å². The van der Waals surface area contributed by atoms with Crippen LogP contribution in [0.15, 0.2) is 48.5 Å². The minimum Gasteiger partial charge on any atom is -0.480 e. The van der Waals surface area contributed by atoms with Crippen LogP contribution in [-0.4, -0.2) is 29.1 Å². The van der Waals surface area contributed by atoms with Crippen LogP contribution in [0.3, 0.4) is 0 Å². The zero-order valence-corrected chi connectivity index (χ0v) is 11.5. The van der Waals surface area contributed by atoms with Gasteiger partial charge in [0.15, 0.2) is 0 Å². The Morgan fingerprint density at radius 2 is 1.62 bits per heavy atom. The lowest BCUT2D eigenvalue weighted by Crippen LogP contribution is -2.33. The molecule has 1 aliphatic rings. The molecule has 1 N–H and O–H groups in total. The molecule has 0 amide bonds. The maximum absolute atomic E-state index is 11.2. The highest BCUT2D eigenvalue weighted by Gasteiger charge is 2.32. The van der Waals surface area contributed by atoms with Crippen molar-refractivity contribution in [3.8, 4) is 23.5 Å². The first kappa shape index (κ1) is 13.4. The molecule has 0 spiro atoms. The van der Waals surface area contributed by atoms with Crippen molar-refractivity contribution in [2.24, 2.45) is 0 Å². The summed E-state index contributed by atoms with van der Waals surface area (Å²) in [7, 11) is 0.